The van der Waals surface area contributed by atoms with Gasteiger partial charge in [0.05, 0.1) is 6.20 Å². The number of aromatic amines is 1. The normalized spacial score (nSPS) is 17.2. The van der Waals surface area contributed by atoms with Crippen LogP contribution in [0.15, 0.2) is 17.2 Å². The maximum Gasteiger partial charge on any atom is 0.343 e. The average molecular weight is 304 g/mol. The van der Waals surface area contributed by atoms with Gasteiger partial charge in [-0.2, -0.15) is 10.2 Å². The van der Waals surface area contributed by atoms with Crippen LogP contribution in [-0.2, 0) is 26.6 Å². The first-order chi connectivity index (χ1) is 10.7. The van der Waals surface area contributed by atoms with Gasteiger partial charge in [0.25, 0.3) is 0 Å². The molecule has 0 aliphatic carbocycles. The van der Waals surface area contributed by atoms with Crippen molar-refractivity contribution >= 4 is 0 Å². The molecule has 1 fully saturated rings. The molecule has 1 saturated heterocycles. The molecule has 0 saturated carbocycles. The molecule has 7 nitrogen and oxygen atoms in total. The summed E-state index contributed by atoms with van der Waals surface area (Å²) in [5, 5.41) is 11.0. The van der Waals surface area contributed by atoms with Gasteiger partial charge in [0.1, 0.15) is 5.82 Å². The van der Waals surface area contributed by atoms with E-state index in [0.29, 0.717) is 12.5 Å². The number of aryl methyl sites for hydroxylation is 1. The minimum atomic E-state index is -0.0912. The second-order valence-electron chi connectivity index (χ2n) is 6.14. The molecule has 0 bridgehead atoms. The standard InChI is InChI=1S/C15H24N6O/c1-3-21-14(17-18-15(21)22)8-12-4-6-20(7-5-12)11-13-9-16-19(2)10-13/h9-10,12H,3-8,11H2,1-2H3,(H,18,22). The summed E-state index contributed by atoms with van der Waals surface area (Å²) in [5.74, 6) is 1.52. The van der Waals surface area contributed by atoms with Crippen LogP contribution in [0.4, 0.5) is 0 Å². The van der Waals surface area contributed by atoms with E-state index >= 15 is 0 Å². The molecule has 0 amide bonds. The van der Waals surface area contributed by atoms with E-state index in [1.54, 1.807) is 4.57 Å². The number of hydrogen-bond donors (Lipinski definition) is 1. The van der Waals surface area contributed by atoms with Crippen molar-refractivity contribution in [2.45, 2.75) is 39.3 Å². The van der Waals surface area contributed by atoms with Crippen LogP contribution in [0, 0.1) is 5.92 Å². The molecule has 3 rings (SSSR count). The highest BCUT2D eigenvalue weighted by Crippen LogP contribution is 2.21. The van der Waals surface area contributed by atoms with E-state index in [0.717, 1.165) is 44.7 Å². The van der Waals surface area contributed by atoms with E-state index in [1.165, 1.54) is 5.56 Å². The van der Waals surface area contributed by atoms with Crippen LogP contribution >= 0.6 is 0 Å². The third kappa shape index (κ3) is 3.30. The Bertz CT molecular complexity index is 662. The highest BCUT2D eigenvalue weighted by molar-refractivity contribution is 5.03. The highest BCUT2D eigenvalue weighted by atomic mass is 16.1. The summed E-state index contributed by atoms with van der Waals surface area (Å²) in [7, 11) is 1.95. The molecule has 0 aromatic carbocycles. The molecule has 0 atom stereocenters. The van der Waals surface area contributed by atoms with E-state index in [9.17, 15) is 4.79 Å². The zero-order chi connectivity index (χ0) is 15.5. The summed E-state index contributed by atoms with van der Waals surface area (Å²) in [4.78, 5) is 14.1. The molecule has 22 heavy (non-hydrogen) atoms. The Balaban J connectivity index is 1.52. The molecule has 120 valence electrons. The number of nitrogens with zero attached hydrogens (tertiary/aromatic N) is 5. The van der Waals surface area contributed by atoms with Crippen molar-refractivity contribution in [3.8, 4) is 0 Å². The second-order valence-corrected chi connectivity index (χ2v) is 6.14. The van der Waals surface area contributed by atoms with E-state index in [2.05, 4.69) is 26.4 Å². The van der Waals surface area contributed by atoms with Gasteiger partial charge in [0, 0.05) is 38.3 Å². The van der Waals surface area contributed by atoms with Crippen LogP contribution in [0.5, 0.6) is 0 Å². The van der Waals surface area contributed by atoms with Gasteiger partial charge in [-0.05, 0) is 38.8 Å². The summed E-state index contributed by atoms with van der Waals surface area (Å²) >= 11 is 0. The third-order valence-electron chi connectivity index (χ3n) is 4.50. The van der Waals surface area contributed by atoms with Crippen molar-refractivity contribution in [2.75, 3.05) is 13.1 Å². The van der Waals surface area contributed by atoms with Gasteiger partial charge in [-0.3, -0.25) is 14.1 Å². The highest BCUT2D eigenvalue weighted by Gasteiger charge is 2.22. The first-order valence-electron chi connectivity index (χ1n) is 7.99. The number of nitrogens with one attached hydrogen (secondary N) is 1. The molecule has 3 heterocycles. The van der Waals surface area contributed by atoms with Crippen molar-refractivity contribution in [1.29, 1.82) is 0 Å². The number of H-pyrrole nitrogens is 1. The lowest BCUT2D eigenvalue weighted by atomic mass is 9.93. The van der Waals surface area contributed by atoms with E-state index < -0.39 is 0 Å². The largest absolute Gasteiger partial charge is 0.343 e. The molecule has 2 aromatic heterocycles. The Hall–Kier alpha value is -1.89. The molecular formula is C15H24N6O. The Morgan fingerprint density at radius 1 is 1.36 bits per heavy atom. The van der Waals surface area contributed by atoms with E-state index in [1.807, 2.05) is 24.9 Å². The SMILES string of the molecule is CCn1c(CC2CCN(Cc3cnn(C)c3)CC2)n[nH]c1=O. The van der Waals surface area contributed by atoms with Crippen LogP contribution in [0.25, 0.3) is 0 Å². The summed E-state index contributed by atoms with van der Waals surface area (Å²) in [6.45, 7) is 5.84. The quantitative estimate of drug-likeness (QED) is 0.886. The first kappa shape index (κ1) is 15.0. The Morgan fingerprint density at radius 2 is 2.14 bits per heavy atom. The molecule has 0 radical (unpaired) electrons. The van der Waals surface area contributed by atoms with Crippen molar-refractivity contribution in [2.24, 2.45) is 13.0 Å². The lowest BCUT2D eigenvalue weighted by molar-refractivity contribution is 0.175. The molecule has 1 N–H and O–H groups in total. The van der Waals surface area contributed by atoms with Gasteiger partial charge in [0.2, 0.25) is 0 Å². The fraction of sp³-hybridized carbons (Fsp3) is 0.667. The van der Waals surface area contributed by atoms with Gasteiger partial charge in [-0.15, -0.1) is 0 Å². The molecule has 2 aromatic rings. The number of hydrogen-bond acceptors (Lipinski definition) is 4. The van der Waals surface area contributed by atoms with Crippen molar-refractivity contribution in [3.05, 3.63) is 34.3 Å². The Labute approximate surface area is 129 Å². The predicted octanol–water partition coefficient (Wildman–Crippen LogP) is 0.780. The summed E-state index contributed by atoms with van der Waals surface area (Å²) in [6.07, 6.45) is 7.23. The van der Waals surface area contributed by atoms with Gasteiger partial charge in [-0.1, -0.05) is 0 Å². The topological polar surface area (TPSA) is 71.7 Å². The van der Waals surface area contributed by atoms with Gasteiger partial charge >= 0.3 is 5.69 Å². The molecule has 0 unspecified atom stereocenters. The lowest BCUT2D eigenvalue weighted by Crippen LogP contribution is -2.34. The number of likely N-dealkylation sites (tertiary alicyclic amines) is 1. The maximum atomic E-state index is 11.6. The van der Waals surface area contributed by atoms with Crippen LogP contribution in [0.3, 0.4) is 0 Å². The minimum absolute atomic E-state index is 0.0912. The Kier molecular flexibility index (Phi) is 4.42. The third-order valence-corrected chi connectivity index (χ3v) is 4.50. The van der Waals surface area contributed by atoms with Crippen LogP contribution in [0.1, 0.15) is 31.2 Å². The van der Waals surface area contributed by atoms with Crippen molar-refractivity contribution in [3.63, 3.8) is 0 Å². The van der Waals surface area contributed by atoms with Crippen LogP contribution < -0.4 is 5.69 Å². The molecule has 0 spiro atoms. The lowest BCUT2D eigenvalue weighted by Gasteiger charge is -2.31. The Morgan fingerprint density at radius 3 is 2.77 bits per heavy atom. The number of rotatable bonds is 5. The number of aromatic nitrogens is 5. The van der Waals surface area contributed by atoms with Crippen molar-refractivity contribution < 1.29 is 0 Å². The van der Waals surface area contributed by atoms with Gasteiger partial charge in [0.15, 0.2) is 0 Å². The fourth-order valence-electron chi connectivity index (χ4n) is 3.25. The van der Waals surface area contributed by atoms with E-state index in [-0.39, 0.29) is 5.69 Å². The van der Waals surface area contributed by atoms with Gasteiger partial charge in [-0.25, -0.2) is 9.89 Å². The number of piperidine rings is 1. The second kappa shape index (κ2) is 6.48. The summed E-state index contributed by atoms with van der Waals surface area (Å²) < 4.78 is 3.59. The molecule has 7 heteroatoms. The average Bonchev–Trinajstić information content (AvgIpc) is 3.07. The summed E-state index contributed by atoms with van der Waals surface area (Å²) in [5.41, 5.74) is 1.18. The molecule has 1 aliphatic rings. The minimum Gasteiger partial charge on any atom is -0.299 e. The van der Waals surface area contributed by atoms with E-state index in [4.69, 9.17) is 0 Å². The smallest absolute Gasteiger partial charge is 0.299 e. The predicted molar refractivity (Wildman–Crippen MR) is 83.4 cm³/mol. The fourth-order valence-corrected chi connectivity index (χ4v) is 3.25. The summed E-state index contributed by atoms with van der Waals surface area (Å²) in [6, 6.07) is 0. The van der Waals surface area contributed by atoms with Crippen LogP contribution in [-0.4, -0.2) is 42.5 Å². The van der Waals surface area contributed by atoms with Crippen molar-refractivity contribution in [1.82, 2.24) is 29.4 Å². The molecule has 1 aliphatic heterocycles. The zero-order valence-corrected chi connectivity index (χ0v) is 13.3. The molecular weight excluding hydrogens is 280 g/mol. The first-order valence-corrected chi connectivity index (χ1v) is 7.99. The van der Waals surface area contributed by atoms with Crippen LogP contribution in [0.2, 0.25) is 0 Å². The van der Waals surface area contributed by atoms with Gasteiger partial charge < -0.3 is 0 Å². The maximum absolute atomic E-state index is 11.6. The monoisotopic (exact) mass is 304 g/mol. The zero-order valence-electron chi connectivity index (χ0n) is 13.3.